The average Bonchev–Trinajstić information content (AvgIpc) is 3.18. The minimum atomic E-state index is -0.310. The molecule has 0 radical (unpaired) electrons. The maximum atomic E-state index is 12.4. The van der Waals surface area contributed by atoms with Crippen LogP contribution in [0.1, 0.15) is 29.8 Å². The molecule has 3 aromatic heterocycles. The van der Waals surface area contributed by atoms with Crippen molar-refractivity contribution in [2.24, 2.45) is 0 Å². The molecule has 0 aromatic carbocycles. The molecule has 4 rings (SSSR count). The Morgan fingerprint density at radius 3 is 2.73 bits per heavy atom. The number of carbonyl (C=O) groups excluding carboxylic acids is 1. The molecule has 0 spiro atoms. The molecule has 1 aliphatic heterocycles. The van der Waals surface area contributed by atoms with Crippen LogP contribution >= 0.6 is 11.3 Å². The Bertz CT molecular complexity index is 874. The van der Waals surface area contributed by atoms with Crippen molar-refractivity contribution in [3.8, 4) is 11.3 Å². The van der Waals surface area contributed by atoms with E-state index in [-0.39, 0.29) is 11.6 Å². The second kappa shape index (κ2) is 7.57. The van der Waals surface area contributed by atoms with Crippen LogP contribution in [0.3, 0.4) is 0 Å². The van der Waals surface area contributed by atoms with Crippen molar-refractivity contribution in [2.45, 2.75) is 19.3 Å². The van der Waals surface area contributed by atoms with Gasteiger partial charge in [-0.3, -0.25) is 15.1 Å². The molecule has 4 heterocycles. The third-order valence-electron chi connectivity index (χ3n) is 4.25. The topological polar surface area (TPSA) is 83.9 Å². The van der Waals surface area contributed by atoms with E-state index in [0.717, 1.165) is 30.2 Å². The maximum absolute atomic E-state index is 12.4. The lowest BCUT2D eigenvalue weighted by molar-refractivity contribution is 0.102. The Labute approximate surface area is 155 Å². The summed E-state index contributed by atoms with van der Waals surface area (Å²) in [5, 5.41) is 13.5. The SMILES string of the molecule is O=C(Nc1nc(-c2cccnc2)cs1)c1ccc(N2CCCCC2)nn1. The molecule has 132 valence electrons. The number of anilines is 2. The molecular formula is C18H18N6OS. The van der Waals surface area contributed by atoms with Crippen molar-refractivity contribution in [3.05, 3.63) is 47.7 Å². The number of nitrogens with one attached hydrogen (secondary N) is 1. The molecule has 1 fully saturated rings. The zero-order chi connectivity index (χ0) is 17.8. The Balaban J connectivity index is 1.42. The van der Waals surface area contributed by atoms with Gasteiger partial charge >= 0.3 is 0 Å². The summed E-state index contributed by atoms with van der Waals surface area (Å²) in [6.07, 6.45) is 7.07. The van der Waals surface area contributed by atoms with Crippen LogP contribution in [0, 0.1) is 0 Å². The standard InChI is InChI=1S/C18H18N6OS/c25-17(14-6-7-16(23-22-14)24-9-2-1-3-10-24)21-18-20-15(12-26-18)13-5-4-8-19-11-13/h4-8,11-12H,1-3,9-10H2,(H,20,21,25). The number of carbonyl (C=O) groups is 1. The number of amides is 1. The van der Waals surface area contributed by atoms with E-state index in [2.05, 4.69) is 30.4 Å². The van der Waals surface area contributed by atoms with E-state index in [1.807, 2.05) is 23.6 Å². The van der Waals surface area contributed by atoms with Gasteiger partial charge in [0.2, 0.25) is 0 Å². The Morgan fingerprint density at radius 1 is 1.12 bits per heavy atom. The van der Waals surface area contributed by atoms with Crippen LogP contribution in [-0.4, -0.2) is 39.2 Å². The molecule has 0 aliphatic carbocycles. The van der Waals surface area contributed by atoms with Gasteiger partial charge in [0.1, 0.15) is 0 Å². The van der Waals surface area contributed by atoms with Gasteiger partial charge in [0.15, 0.2) is 16.6 Å². The van der Waals surface area contributed by atoms with E-state index in [9.17, 15) is 4.79 Å². The molecule has 8 heteroatoms. The van der Waals surface area contributed by atoms with Crippen LogP contribution in [0.15, 0.2) is 42.0 Å². The summed E-state index contributed by atoms with van der Waals surface area (Å²) in [5.41, 5.74) is 1.98. The largest absolute Gasteiger partial charge is 0.355 e. The van der Waals surface area contributed by atoms with Gasteiger partial charge in [-0.05, 0) is 43.5 Å². The highest BCUT2D eigenvalue weighted by molar-refractivity contribution is 7.14. The lowest BCUT2D eigenvalue weighted by Gasteiger charge is -2.27. The van der Waals surface area contributed by atoms with Crippen molar-refractivity contribution >= 4 is 28.2 Å². The predicted molar refractivity (Wildman–Crippen MR) is 101 cm³/mol. The monoisotopic (exact) mass is 366 g/mol. The molecule has 0 atom stereocenters. The third-order valence-corrected chi connectivity index (χ3v) is 5.00. The number of rotatable bonds is 4. The second-order valence-corrected chi connectivity index (χ2v) is 6.92. The van der Waals surface area contributed by atoms with Crippen LogP contribution in [0.5, 0.6) is 0 Å². The number of thiazole rings is 1. The van der Waals surface area contributed by atoms with Gasteiger partial charge in [0, 0.05) is 36.4 Å². The number of aromatic nitrogens is 4. The number of hydrogen-bond donors (Lipinski definition) is 1. The summed E-state index contributed by atoms with van der Waals surface area (Å²) in [6, 6.07) is 7.35. The van der Waals surface area contributed by atoms with Crippen molar-refractivity contribution in [1.82, 2.24) is 20.2 Å². The normalized spacial score (nSPS) is 14.2. The van der Waals surface area contributed by atoms with E-state index in [0.29, 0.717) is 5.13 Å². The number of piperidine rings is 1. The van der Waals surface area contributed by atoms with Gasteiger partial charge in [-0.25, -0.2) is 4.98 Å². The van der Waals surface area contributed by atoms with Crippen molar-refractivity contribution in [3.63, 3.8) is 0 Å². The Kier molecular flexibility index (Phi) is 4.83. The predicted octanol–water partition coefficient (Wildman–Crippen LogP) is 3.24. The Morgan fingerprint density at radius 2 is 2.00 bits per heavy atom. The van der Waals surface area contributed by atoms with Gasteiger partial charge in [0.25, 0.3) is 5.91 Å². The van der Waals surface area contributed by atoms with Crippen molar-refractivity contribution in [1.29, 1.82) is 0 Å². The first-order valence-corrected chi connectivity index (χ1v) is 9.43. The molecule has 7 nitrogen and oxygen atoms in total. The second-order valence-electron chi connectivity index (χ2n) is 6.06. The number of hydrogen-bond acceptors (Lipinski definition) is 7. The molecule has 26 heavy (non-hydrogen) atoms. The molecular weight excluding hydrogens is 348 g/mol. The smallest absolute Gasteiger partial charge is 0.277 e. The minimum absolute atomic E-state index is 0.281. The highest BCUT2D eigenvalue weighted by Gasteiger charge is 2.15. The summed E-state index contributed by atoms with van der Waals surface area (Å²) in [5.74, 6) is 0.518. The van der Waals surface area contributed by atoms with E-state index >= 15 is 0 Å². The zero-order valence-corrected chi connectivity index (χ0v) is 14.9. The van der Waals surface area contributed by atoms with Gasteiger partial charge in [-0.1, -0.05) is 0 Å². The summed E-state index contributed by atoms with van der Waals surface area (Å²) >= 11 is 1.37. The lowest BCUT2D eigenvalue weighted by Crippen LogP contribution is -2.30. The molecule has 0 unspecified atom stereocenters. The van der Waals surface area contributed by atoms with Gasteiger partial charge in [-0.15, -0.1) is 21.5 Å². The van der Waals surface area contributed by atoms with E-state index in [1.165, 1.54) is 30.6 Å². The summed E-state index contributed by atoms with van der Waals surface area (Å²) in [4.78, 5) is 23.1. The van der Waals surface area contributed by atoms with Crippen LogP contribution in [0.25, 0.3) is 11.3 Å². The van der Waals surface area contributed by atoms with Crippen LogP contribution in [-0.2, 0) is 0 Å². The van der Waals surface area contributed by atoms with Gasteiger partial charge < -0.3 is 4.90 Å². The van der Waals surface area contributed by atoms with Gasteiger partial charge in [0.05, 0.1) is 5.69 Å². The minimum Gasteiger partial charge on any atom is -0.355 e. The van der Waals surface area contributed by atoms with Crippen molar-refractivity contribution in [2.75, 3.05) is 23.3 Å². The fourth-order valence-corrected chi connectivity index (χ4v) is 3.59. The average molecular weight is 366 g/mol. The van der Waals surface area contributed by atoms with E-state index < -0.39 is 0 Å². The van der Waals surface area contributed by atoms with E-state index in [1.54, 1.807) is 18.5 Å². The summed E-state index contributed by atoms with van der Waals surface area (Å²) in [7, 11) is 0. The molecule has 1 N–H and O–H groups in total. The van der Waals surface area contributed by atoms with E-state index in [4.69, 9.17) is 0 Å². The Hall–Kier alpha value is -2.87. The first kappa shape index (κ1) is 16.6. The first-order valence-electron chi connectivity index (χ1n) is 8.55. The van der Waals surface area contributed by atoms with Crippen LogP contribution < -0.4 is 10.2 Å². The molecule has 1 aliphatic rings. The third kappa shape index (κ3) is 3.70. The summed E-state index contributed by atoms with van der Waals surface area (Å²) in [6.45, 7) is 1.99. The lowest BCUT2D eigenvalue weighted by atomic mass is 10.1. The number of nitrogens with zero attached hydrogens (tertiary/aromatic N) is 5. The first-order chi connectivity index (χ1) is 12.8. The molecule has 1 saturated heterocycles. The molecule has 1 amide bonds. The maximum Gasteiger partial charge on any atom is 0.277 e. The van der Waals surface area contributed by atoms with Gasteiger partial charge in [-0.2, -0.15) is 0 Å². The van der Waals surface area contributed by atoms with Crippen molar-refractivity contribution < 1.29 is 4.79 Å². The fourth-order valence-electron chi connectivity index (χ4n) is 2.88. The molecule has 0 saturated carbocycles. The zero-order valence-electron chi connectivity index (χ0n) is 14.1. The quantitative estimate of drug-likeness (QED) is 0.763. The summed E-state index contributed by atoms with van der Waals surface area (Å²) < 4.78 is 0. The highest BCUT2D eigenvalue weighted by Crippen LogP contribution is 2.24. The number of pyridine rings is 1. The highest BCUT2D eigenvalue weighted by atomic mass is 32.1. The molecule has 0 bridgehead atoms. The van der Waals surface area contributed by atoms with Crippen LogP contribution in [0.4, 0.5) is 10.9 Å². The fraction of sp³-hybridized carbons (Fsp3) is 0.278. The van der Waals surface area contributed by atoms with Crippen LogP contribution in [0.2, 0.25) is 0 Å². The molecule has 3 aromatic rings.